The second-order valence-corrected chi connectivity index (χ2v) is 4.77. The molecule has 1 heterocycles. The lowest BCUT2D eigenvalue weighted by atomic mass is 9.87. The maximum Gasteiger partial charge on any atom is 0.132 e. The molecule has 0 aromatic rings. The number of carbonyl (C=O) groups excluding carboxylic acids is 1. The van der Waals surface area contributed by atoms with Crippen molar-refractivity contribution < 1.29 is 9.53 Å². The minimum atomic E-state index is 0.295. The molecular formula is C13H24O2. The molecule has 15 heavy (non-hydrogen) atoms. The number of rotatable bonds is 7. The van der Waals surface area contributed by atoms with Gasteiger partial charge in [-0.2, -0.15) is 0 Å². The maximum absolute atomic E-state index is 11.5. The fraction of sp³-hybridized carbons (Fsp3) is 0.923. The number of ketones is 1. The van der Waals surface area contributed by atoms with E-state index < -0.39 is 0 Å². The highest BCUT2D eigenvalue weighted by molar-refractivity contribution is 5.78. The zero-order valence-corrected chi connectivity index (χ0v) is 10.1. The molecule has 0 spiro atoms. The van der Waals surface area contributed by atoms with E-state index in [2.05, 4.69) is 6.92 Å². The van der Waals surface area contributed by atoms with Crippen LogP contribution >= 0.6 is 0 Å². The molecule has 1 aliphatic heterocycles. The molecule has 0 aromatic carbocycles. The molecule has 1 saturated heterocycles. The van der Waals surface area contributed by atoms with E-state index in [-0.39, 0.29) is 0 Å². The second kappa shape index (κ2) is 7.00. The average Bonchev–Trinajstić information content (AvgIpc) is 2.69. The maximum atomic E-state index is 11.5. The highest BCUT2D eigenvalue weighted by atomic mass is 16.5. The largest absolute Gasteiger partial charge is 0.381 e. The van der Waals surface area contributed by atoms with Crippen LogP contribution in [0.4, 0.5) is 0 Å². The Hall–Kier alpha value is -0.370. The van der Waals surface area contributed by atoms with Gasteiger partial charge in [0.1, 0.15) is 5.78 Å². The number of carbonyl (C=O) groups is 1. The van der Waals surface area contributed by atoms with Gasteiger partial charge >= 0.3 is 0 Å². The van der Waals surface area contributed by atoms with Gasteiger partial charge in [0.05, 0.1) is 0 Å². The van der Waals surface area contributed by atoms with Gasteiger partial charge in [0.2, 0.25) is 0 Å². The van der Waals surface area contributed by atoms with E-state index in [1.807, 2.05) is 0 Å². The molecule has 0 aliphatic carbocycles. The van der Waals surface area contributed by atoms with Crippen LogP contribution in [0, 0.1) is 11.8 Å². The Labute approximate surface area is 93.4 Å². The topological polar surface area (TPSA) is 26.3 Å². The minimum Gasteiger partial charge on any atom is -0.381 e. The normalized spacial score (nSPS) is 22.9. The van der Waals surface area contributed by atoms with E-state index in [4.69, 9.17) is 4.74 Å². The summed E-state index contributed by atoms with van der Waals surface area (Å²) in [4.78, 5) is 11.5. The van der Waals surface area contributed by atoms with E-state index in [0.717, 1.165) is 32.5 Å². The third kappa shape index (κ3) is 4.78. The van der Waals surface area contributed by atoms with Gasteiger partial charge in [-0.15, -0.1) is 0 Å². The zero-order valence-electron chi connectivity index (χ0n) is 10.1. The van der Waals surface area contributed by atoms with E-state index in [9.17, 15) is 4.79 Å². The Morgan fingerprint density at radius 1 is 1.47 bits per heavy atom. The number of hydrogen-bond donors (Lipinski definition) is 0. The van der Waals surface area contributed by atoms with Crippen LogP contribution in [0.1, 0.15) is 52.4 Å². The molecule has 1 aliphatic rings. The average molecular weight is 212 g/mol. The molecule has 0 amide bonds. The van der Waals surface area contributed by atoms with E-state index in [1.54, 1.807) is 6.92 Å². The Balaban J connectivity index is 2.26. The molecule has 1 rings (SSSR count). The summed E-state index contributed by atoms with van der Waals surface area (Å²) < 4.78 is 5.35. The van der Waals surface area contributed by atoms with E-state index in [1.165, 1.54) is 19.3 Å². The lowest BCUT2D eigenvalue weighted by Crippen LogP contribution is -2.16. The van der Waals surface area contributed by atoms with Crippen LogP contribution < -0.4 is 0 Å². The summed E-state index contributed by atoms with van der Waals surface area (Å²) in [7, 11) is 0. The van der Waals surface area contributed by atoms with E-state index in [0.29, 0.717) is 17.6 Å². The first-order valence-corrected chi connectivity index (χ1v) is 6.32. The Morgan fingerprint density at radius 3 is 2.80 bits per heavy atom. The van der Waals surface area contributed by atoms with Gasteiger partial charge in [-0.1, -0.05) is 26.2 Å². The lowest BCUT2D eigenvalue weighted by Gasteiger charge is -2.16. The third-order valence-electron chi connectivity index (χ3n) is 3.37. The van der Waals surface area contributed by atoms with E-state index >= 15 is 0 Å². The van der Waals surface area contributed by atoms with Gasteiger partial charge < -0.3 is 4.74 Å². The molecule has 88 valence electrons. The summed E-state index contributed by atoms with van der Waals surface area (Å²) in [5.41, 5.74) is 0. The molecule has 2 unspecified atom stereocenters. The summed E-state index contributed by atoms with van der Waals surface area (Å²) in [5, 5.41) is 0. The van der Waals surface area contributed by atoms with Crippen molar-refractivity contribution in [3.63, 3.8) is 0 Å². The van der Waals surface area contributed by atoms with Crippen molar-refractivity contribution >= 4 is 5.78 Å². The van der Waals surface area contributed by atoms with Gasteiger partial charge in [-0.05, 0) is 32.1 Å². The van der Waals surface area contributed by atoms with Crippen molar-refractivity contribution in [2.24, 2.45) is 11.8 Å². The van der Waals surface area contributed by atoms with Crippen LogP contribution in [-0.2, 0) is 9.53 Å². The highest BCUT2D eigenvalue weighted by Crippen LogP contribution is 2.25. The lowest BCUT2D eigenvalue weighted by molar-refractivity contribution is -0.121. The second-order valence-electron chi connectivity index (χ2n) is 4.77. The molecular weight excluding hydrogens is 188 g/mol. The molecule has 0 aromatic heterocycles. The fourth-order valence-electron chi connectivity index (χ4n) is 2.30. The summed E-state index contributed by atoms with van der Waals surface area (Å²) in [6, 6.07) is 0. The van der Waals surface area contributed by atoms with Crippen LogP contribution in [0.5, 0.6) is 0 Å². The van der Waals surface area contributed by atoms with Crippen molar-refractivity contribution in [1.82, 2.24) is 0 Å². The van der Waals surface area contributed by atoms with Crippen LogP contribution in [0.2, 0.25) is 0 Å². The van der Waals surface area contributed by atoms with Crippen LogP contribution in [-0.4, -0.2) is 19.0 Å². The summed E-state index contributed by atoms with van der Waals surface area (Å²) in [6.45, 7) is 5.71. The third-order valence-corrected chi connectivity index (χ3v) is 3.37. The SMILES string of the molecule is CCCCCC(CC1CCOC1)C(C)=O. The van der Waals surface area contributed by atoms with Gasteiger partial charge in [0.25, 0.3) is 0 Å². The van der Waals surface area contributed by atoms with Gasteiger partial charge in [-0.25, -0.2) is 0 Å². The first-order valence-electron chi connectivity index (χ1n) is 6.32. The molecule has 2 atom stereocenters. The molecule has 2 nitrogen and oxygen atoms in total. The predicted octanol–water partition coefficient (Wildman–Crippen LogP) is 3.20. The monoisotopic (exact) mass is 212 g/mol. The first-order chi connectivity index (χ1) is 7.24. The van der Waals surface area contributed by atoms with Crippen LogP contribution in [0.3, 0.4) is 0 Å². The summed E-state index contributed by atoms with van der Waals surface area (Å²) in [6.07, 6.45) is 6.98. The van der Waals surface area contributed by atoms with Crippen LogP contribution in [0.25, 0.3) is 0 Å². The van der Waals surface area contributed by atoms with Crippen molar-refractivity contribution in [3.05, 3.63) is 0 Å². The Kier molecular flexibility index (Phi) is 5.92. The molecule has 0 saturated carbocycles. The van der Waals surface area contributed by atoms with Crippen LogP contribution in [0.15, 0.2) is 0 Å². The fourth-order valence-corrected chi connectivity index (χ4v) is 2.30. The molecule has 0 bridgehead atoms. The molecule has 0 N–H and O–H groups in total. The highest BCUT2D eigenvalue weighted by Gasteiger charge is 2.22. The van der Waals surface area contributed by atoms with Crippen molar-refractivity contribution in [2.75, 3.05) is 13.2 Å². The van der Waals surface area contributed by atoms with Crippen molar-refractivity contribution in [2.45, 2.75) is 52.4 Å². The van der Waals surface area contributed by atoms with Crippen molar-refractivity contribution in [1.29, 1.82) is 0 Å². The minimum absolute atomic E-state index is 0.295. The molecule has 1 fully saturated rings. The van der Waals surface area contributed by atoms with Gasteiger partial charge in [0.15, 0.2) is 0 Å². The zero-order chi connectivity index (χ0) is 11.1. The molecule has 0 radical (unpaired) electrons. The summed E-state index contributed by atoms with van der Waals surface area (Å²) >= 11 is 0. The Bertz CT molecular complexity index is 183. The summed E-state index contributed by atoms with van der Waals surface area (Å²) in [5.74, 6) is 1.31. The number of ether oxygens (including phenoxy) is 1. The Morgan fingerprint density at radius 2 is 2.27 bits per heavy atom. The molecule has 2 heteroatoms. The quantitative estimate of drug-likeness (QED) is 0.606. The van der Waals surface area contributed by atoms with Gasteiger partial charge in [-0.3, -0.25) is 4.79 Å². The number of hydrogen-bond acceptors (Lipinski definition) is 2. The standard InChI is InChI=1S/C13H24O2/c1-3-4-5-6-13(11(2)14)9-12-7-8-15-10-12/h12-13H,3-10H2,1-2H3. The van der Waals surface area contributed by atoms with Gasteiger partial charge in [0, 0.05) is 19.1 Å². The number of Topliss-reactive ketones (excluding diaryl/α,β-unsaturated/α-hetero) is 1. The smallest absolute Gasteiger partial charge is 0.132 e. The number of unbranched alkanes of at least 4 members (excludes halogenated alkanes) is 2. The van der Waals surface area contributed by atoms with Crippen molar-refractivity contribution in [3.8, 4) is 0 Å². The predicted molar refractivity (Wildman–Crippen MR) is 61.9 cm³/mol. The first kappa shape index (κ1) is 12.7.